The molecule has 26 heavy (non-hydrogen) atoms. The van der Waals surface area contributed by atoms with Crippen molar-refractivity contribution in [1.82, 2.24) is 9.97 Å². The number of thioether (sulfide) groups is 1. The second-order valence-corrected chi connectivity index (χ2v) is 6.66. The van der Waals surface area contributed by atoms with Crippen LogP contribution in [-0.2, 0) is 6.42 Å². The first-order valence-electron chi connectivity index (χ1n) is 8.58. The number of aliphatic imine (C=N–C) groups is 1. The van der Waals surface area contributed by atoms with Gasteiger partial charge < -0.3 is 10.1 Å². The van der Waals surface area contributed by atoms with Crippen molar-refractivity contribution in [2.75, 3.05) is 37.5 Å². The van der Waals surface area contributed by atoms with Gasteiger partial charge in [0.25, 0.3) is 0 Å². The van der Waals surface area contributed by atoms with E-state index in [1.165, 1.54) is 5.56 Å². The fraction of sp³-hybridized carbons (Fsp3) is 0.350. The van der Waals surface area contributed by atoms with E-state index in [0.717, 1.165) is 48.1 Å². The Labute approximate surface area is 160 Å². The first kappa shape index (κ1) is 20.0. The second kappa shape index (κ2) is 11.3. The number of nitrogens with one attached hydrogen (secondary N) is 1. The van der Waals surface area contributed by atoms with Crippen LogP contribution in [-0.4, -0.2) is 48.4 Å². The normalized spacial score (nSPS) is 11.7. The zero-order valence-electron chi connectivity index (χ0n) is 15.6. The summed E-state index contributed by atoms with van der Waals surface area (Å²) >= 11 is 1.80. The van der Waals surface area contributed by atoms with E-state index < -0.39 is 0 Å². The topological polar surface area (TPSA) is 59.4 Å². The second-order valence-electron chi connectivity index (χ2n) is 5.67. The summed E-state index contributed by atoms with van der Waals surface area (Å²) in [7, 11) is 1.70. The van der Waals surface area contributed by atoms with Gasteiger partial charge in [0.1, 0.15) is 17.9 Å². The molecule has 0 radical (unpaired) electrons. The molecule has 0 saturated carbocycles. The Hall–Kier alpha value is -2.34. The molecule has 138 valence electrons. The van der Waals surface area contributed by atoms with Crippen LogP contribution in [0.4, 0.5) is 5.82 Å². The molecule has 1 aromatic heterocycles. The fourth-order valence-electron chi connectivity index (χ4n) is 2.37. The van der Waals surface area contributed by atoms with Crippen molar-refractivity contribution >= 4 is 29.4 Å². The molecule has 0 atom stereocenters. The molecule has 1 heterocycles. The molecular formula is C20H26N4OS. The predicted molar refractivity (Wildman–Crippen MR) is 113 cm³/mol. The van der Waals surface area contributed by atoms with Crippen LogP contribution in [0.3, 0.4) is 0 Å². The van der Waals surface area contributed by atoms with Gasteiger partial charge in [0.15, 0.2) is 0 Å². The number of benzene rings is 1. The lowest BCUT2D eigenvalue weighted by molar-refractivity contribution is 0.410. The lowest BCUT2D eigenvalue weighted by Gasteiger charge is -2.10. The van der Waals surface area contributed by atoms with Crippen LogP contribution in [0.5, 0.6) is 5.75 Å². The van der Waals surface area contributed by atoms with Crippen molar-refractivity contribution in [3.05, 3.63) is 54.0 Å². The Morgan fingerprint density at radius 3 is 2.96 bits per heavy atom. The molecule has 5 nitrogen and oxygen atoms in total. The van der Waals surface area contributed by atoms with Gasteiger partial charge in [-0.25, -0.2) is 9.97 Å². The van der Waals surface area contributed by atoms with E-state index in [1.807, 2.05) is 43.5 Å². The summed E-state index contributed by atoms with van der Waals surface area (Å²) in [5.41, 5.74) is 3.14. The minimum atomic E-state index is 0.774. The molecule has 6 heteroatoms. The van der Waals surface area contributed by atoms with Crippen molar-refractivity contribution in [2.24, 2.45) is 4.99 Å². The molecule has 0 bridgehead atoms. The van der Waals surface area contributed by atoms with Gasteiger partial charge in [0.2, 0.25) is 0 Å². The molecule has 0 spiro atoms. The summed E-state index contributed by atoms with van der Waals surface area (Å²) in [6.07, 6.45) is 8.37. The average molecular weight is 371 g/mol. The van der Waals surface area contributed by atoms with E-state index in [9.17, 15) is 0 Å². The van der Waals surface area contributed by atoms with E-state index in [0.29, 0.717) is 0 Å². The zero-order chi connectivity index (χ0) is 18.6. The van der Waals surface area contributed by atoms with Crippen molar-refractivity contribution < 1.29 is 4.74 Å². The number of hydrogen-bond acceptors (Lipinski definition) is 6. The van der Waals surface area contributed by atoms with Crippen molar-refractivity contribution in [2.45, 2.75) is 13.3 Å². The predicted octanol–water partition coefficient (Wildman–Crippen LogP) is 3.98. The molecule has 2 aromatic rings. The Morgan fingerprint density at radius 1 is 1.31 bits per heavy atom. The van der Waals surface area contributed by atoms with E-state index in [4.69, 9.17) is 4.74 Å². The molecule has 1 aromatic carbocycles. The standard InChI is InChI=1S/C20H26N4OS/c1-16(8-10-21-12-13-26-3)18-14-20(24-15-23-18)22-11-9-17-6-4-5-7-19(17)25-2/h4-8,10,14-15H,9,11-13H2,1-3H3,(H,22,23,24)/b16-8+,21-10?. The molecule has 0 aliphatic carbocycles. The van der Waals surface area contributed by atoms with Crippen LogP contribution in [0.25, 0.3) is 5.57 Å². The molecule has 0 unspecified atom stereocenters. The summed E-state index contributed by atoms with van der Waals surface area (Å²) in [4.78, 5) is 13.0. The maximum absolute atomic E-state index is 5.39. The van der Waals surface area contributed by atoms with Crippen molar-refractivity contribution in [3.63, 3.8) is 0 Å². The summed E-state index contributed by atoms with van der Waals surface area (Å²) in [5, 5.41) is 3.35. The summed E-state index contributed by atoms with van der Waals surface area (Å²) in [5.74, 6) is 2.77. The van der Waals surface area contributed by atoms with Crippen molar-refractivity contribution in [3.8, 4) is 5.75 Å². The molecule has 2 rings (SSSR count). The molecule has 0 fully saturated rings. The summed E-state index contributed by atoms with van der Waals surface area (Å²) in [6, 6.07) is 10.0. The number of rotatable bonds is 10. The molecule has 0 aliphatic heterocycles. The first-order chi connectivity index (χ1) is 12.7. The third-order valence-electron chi connectivity index (χ3n) is 3.82. The number of para-hydroxylation sites is 1. The highest BCUT2D eigenvalue weighted by Gasteiger charge is 2.03. The maximum atomic E-state index is 5.39. The highest BCUT2D eigenvalue weighted by Crippen LogP contribution is 2.18. The molecule has 0 aliphatic rings. The van der Waals surface area contributed by atoms with E-state index in [2.05, 4.69) is 32.6 Å². The number of anilines is 1. The number of aromatic nitrogens is 2. The Morgan fingerprint density at radius 2 is 2.15 bits per heavy atom. The molecule has 0 saturated heterocycles. The van der Waals surface area contributed by atoms with Crippen LogP contribution in [0, 0.1) is 0 Å². The summed E-state index contributed by atoms with van der Waals surface area (Å²) in [6.45, 7) is 3.64. The number of allylic oxidation sites excluding steroid dienone is 2. The molecule has 0 amide bonds. The largest absolute Gasteiger partial charge is 0.496 e. The van der Waals surface area contributed by atoms with E-state index in [1.54, 1.807) is 25.2 Å². The van der Waals surface area contributed by atoms with E-state index in [-0.39, 0.29) is 0 Å². The number of ether oxygens (including phenoxy) is 1. The maximum Gasteiger partial charge on any atom is 0.129 e. The van der Waals surface area contributed by atoms with Gasteiger partial charge in [-0.15, -0.1) is 0 Å². The average Bonchev–Trinajstić information content (AvgIpc) is 2.68. The SMILES string of the molecule is COc1ccccc1CCNc1cc(/C(C)=C/C=NCCSC)ncn1. The lowest BCUT2D eigenvalue weighted by Crippen LogP contribution is -2.07. The highest BCUT2D eigenvalue weighted by molar-refractivity contribution is 7.98. The molecular weight excluding hydrogens is 344 g/mol. The van der Waals surface area contributed by atoms with Crippen LogP contribution >= 0.6 is 11.8 Å². The van der Waals surface area contributed by atoms with Gasteiger partial charge >= 0.3 is 0 Å². The lowest BCUT2D eigenvalue weighted by atomic mass is 10.1. The molecule has 1 N–H and O–H groups in total. The third-order valence-corrected chi connectivity index (χ3v) is 4.41. The Bertz CT molecular complexity index is 746. The Balaban J connectivity index is 1.92. The van der Waals surface area contributed by atoms with Crippen molar-refractivity contribution in [1.29, 1.82) is 0 Å². The summed E-state index contributed by atoms with van der Waals surface area (Å²) < 4.78 is 5.39. The highest BCUT2D eigenvalue weighted by atomic mass is 32.2. The van der Waals surface area contributed by atoms with Gasteiger partial charge in [-0.2, -0.15) is 11.8 Å². The van der Waals surface area contributed by atoms with Crippen LogP contribution in [0.1, 0.15) is 18.2 Å². The first-order valence-corrected chi connectivity index (χ1v) is 9.97. The monoisotopic (exact) mass is 370 g/mol. The fourth-order valence-corrected chi connectivity index (χ4v) is 2.66. The Kier molecular flexibility index (Phi) is 8.69. The van der Waals surface area contributed by atoms with Gasteiger partial charge in [-0.05, 0) is 42.9 Å². The minimum Gasteiger partial charge on any atom is -0.496 e. The quantitative estimate of drug-likeness (QED) is 0.506. The van der Waals surface area contributed by atoms with Crippen LogP contribution < -0.4 is 10.1 Å². The van der Waals surface area contributed by atoms with Crippen LogP contribution in [0.15, 0.2) is 47.7 Å². The number of methoxy groups -OCH3 is 1. The van der Waals surface area contributed by atoms with E-state index >= 15 is 0 Å². The smallest absolute Gasteiger partial charge is 0.129 e. The number of nitrogens with zero attached hydrogens (tertiary/aromatic N) is 3. The van der Waals surface area contributed by atoms with Gasteiger partial charge in [-0.1, -0.05) is 18.2 Å². The minimum absolute atomic E-state index is 0.774. The van der Waals surface area contributed by atoms with Gasteiger partial charge in [-0.3, -0.25) is 4.99 Å². The van der Waals surface area contributed by atoms with Gasteiger partial charge in [0, 0.05) is 31.1 Å². The van der Waals surface area contributed by atoms with Crippen LogP contribution in [0.2, 0.25) is 0 Å². The van der Waals surface area contributed by atoms with Gasteiger partial charge in [0.05, 0.1) is 12.8 Å². The zero-order valence-corrected chi connectivity index (χ0v) is 16.4. The third kappa shape index (κ3) is 6.52. The number of hydrogen-bond donors (Lipinski definition) is 1.